The van der Waals surface area contributed by atoms with Gasteiger partial charge < -0.3 is 9.47 Å². The summed E-state index contributed by atoms with van der Waals surface area (Å²) in [7, 11) is 1.66. The first kappa shape index (κ1) is 18.1. The summed E-state index contributed by atoms with van der Waals surface area (Å²) in [6.45, 7) is 2.59. The Labute approximate surface area is 167 Å². The second-order valence-electron chi connectivity index (χ2n) is 6.17. The highest BCUT2D eigenvalue weighted by atomic mass is 32.1. The molecule has 0 unspecified atom stereocenters. The van der Waals surface area contributed by atoms with Crippen LogP contribution < -0.4 is 9.47 Å². The van der Waals surface area contributed by atoms with E-state index >= 15 is 0 Å². The lowest BCUT2D eigenvalue weighted by Gasteiger charge is -2.07. The maximum absolute atomic E-state index is 9.44. The largest absolute Gasteiger partial charge is 0.497 e. The average Bonchev–Trinajstić information content (AvgIpc) is 3.29. The van der Waals surface area contributed by atoms with Gasteiger partial charge in [-0.3, -0.25) is 4.40 Å². The second kappa shape index (κ2) is 7.75. The number of nitriles is 1. The minimum absolute atomic E-state index is 0.275. The number of benzene rings is 2. The van der Waals surface area contributed by atoms with Gasteiger partial charge in [-0.15, -0.1) is 11.3 Å². The molecule has 0 bridgehead atoms. The molecule has 0 aliphatic heterocycles. The van der Waals surface area contributed by atoms with Crippen LogP contribution in [0.25, 0.3) is 27.5 Å². The Morgan fingerprint density at radius 1 is 1.11 bits per heavy atom. The number of ether oxygens (including phenoxy) is 2. The van der Waals surface area contributed by atoms with Crippen LogP contribution in [0.2, 0.25) is 0 Å². The van der Waals surface area contributed by atoms with Crippen LogP contribution in [0.5, 0.6) is 11.5 Å². The monoisotopic (exact) mass is 389 g/mol. The molecule has 2 aromatic carbocycles. The summed E-state index contributed by atoms with van der Waals surface area (Å²) >= 11 is 1.57. The Morgan fingerprint density at radius 2 is 1.93 bits per heavy atom. The molecule has 140 valence electrons. The number of hydrogen-bond acceptors (Lipinski definition) is 5. The highest BCUT2D eigenvalue weighted by Gasteiger charge is 2.19. The molecule has 0 aliphatic rings. The van der Waals surface area contributed by atoms with E-state index in [2.05, 4.69) is 15.8 Å². The first-order valence-electron chi connectivity index (χ1n) is 8.98. The topological polar surface area (TPSA) is 59.6 Å². The van der Waals surface area contributed by atoms with E-state index in [9.17, 15) is 5.26 Å². The Morgan fingerprint density at radius 3 is 2.64 bits per heavy atom. The molecule has 6 heteroatoms. The van der Waals surface area contributed by atoms with E-state index in [4.69, 9.17) is 14.5 Å². The van der Waals surface area contributed by atoms with Gasteiger partial charge in [0.05, 0.1) is 43.3 Å². The molecule has 4 aromatic rings. The third-order valence-electron chi connectivity index (χ3n) is 4.51. The Balaban J connectivity index is 1.86. The van der Waals surface area contributed by atoms with Crippen molar-refractivity contribution in [1.29, 1.82) is 5.26 Å². The van der Waals surface area contributed by atoms with Crippen molar-refractivity contribution < 1.29 is 9.47 Å². The summed E-state index contributed by atoms with van der Waals surface area (Å²) in [5, 5.41) is 11.5. The highest BCUT2D eigenvalue weighted by molar-refractivity contribution is 7.15. The van der Waals surface area contributed by atoms with Gasteiger partial charge in [-0.05, 0) is 43.3 Å². The summed E-state index contributed by atoms with van der Waals surface area (Å²) in [5.74, 6) is 1.62. The van der Waals surface area contributed by atoms with Gasteiger partial charge in [0.15, 0.2) is 4.96 Å². The van der Waals surface area contributed by atoms with Crippen molar-refractivity contribution in [3.05, 3.63) is 59.6 Å². The summed E-state index contributed by atoms with van der Waals surface area (Å²) in [4.78, 5) is 5.69. The number of rotatable bonds is 6. The molecule has 0 amide bonds. The zero-order valence-electron chi connectivity index (χ0n) is 15.7. The molecule has 28 heavy (non-hydrogen) atoms. The summed E-state index contributed by atoms with van der Waals surface area (Å²) in [5.41, 5.74) is 4.73. The fourth-order valence-electron chi connectivity index (χ4n) is 3.24. The number of methoxy groups -OCH3 is 1. The maximum Gasteiger partial charge on any atom is 0.194 e. The van der Waals surface area contributed by atoms with Crippen LogP contribution in [0.4, 0.5) is 0 Å². The van der Waals surface area contributed by atoms with Crippen molar-refractivity contribution in [3.63, 3.8) is 0 Å². The highest BCUT2D eigenvalue weighted by Crippen LogP contribution is 2.34. The predicted octanol–water partition coefficient (Wildman–Crippen LogP) is 5.20. The summed E-state index contributed by atoms with van der Waals surface area (Å²) in [6, 6.07) is 18.1. The van der Waals surface area contributed by atoms with Crippen LogP contribution in [-0.2, 0) is 6.42 Å². The van der Waals surface area contributed by atoms with E-state index in [1.54, 1.807) is 18.4 Å². The van der Waals surface area contributed by atoms with Gasteiger partial charge in [0.2, 0.25) is 0 Å². The van der Waals surface area contributed by atoms with Gasteiger partial charge in [-0.25, -0.2) is 4.98 Å². The van der Waals surface area contributed by atoms with Crippen molar-refractivity contribution in [3.8, 4) is 40.1 Å². The lowest BCUT2D eigenvalue weighted by Crippen LogP contribution is -1.96. The Bertz CT molecular complexity index is 1150. The van der Waals surface area contributed by atoms with Gasteiger partial charge in [0, 0.05) is 16.5 Å². The van der Waals surface area contributed by atoms with E-state index in [1.807, 2.05) is 55.5 Å². The number of hydrogen-bond donors (Lipinski definition) is 0. The SMILES string of the molecule is CCOc1ccc(-c2nc3scc(-c4cccc(OC)c4)n3c2CC#N)cc1. The minimum Gasteiger partial charge on any atom is -0.497 e. The number of imidazole rings is 1. The fraction of sp³-hybridized carbons (Fsp3) is 0.182. The van der Waals surface area contributed by atoms with Crippen LogP contribution in [0.15, 0.2) is 53.9 Å². The molecule has 0 aliphatic carbocycles. The van der Waals surface area contributed by atoms with E-state index in [0.29, 0.717) is 6.61 Å². The molecular weight excluding hydrogens is 370 g/mol. The molecule has 0 fully saturated rings. The number of thiazole rings is 1. The van der Waals surface area contributed by atoms with E-state index < -0.39 is 0 Å². The van der Waals surface area contributed by atoms with Crippen LogP contribution in [0.3, 0.4) is 0 Å². The molecule has 0 saturated carbocycles. The quantitative estimate of drug-likeness (QED) is 0.455. The number of aromatic nitrogens is 2. The van der Waals surface area contributed by atoms with Gasteiger partial charge in [0.1, 0.15) is 11.5 Å². The Hall–Kier alpha value is -3.30. The number of nitrogens with zero attached hydrogens (tertiary/aromatic N) is 3. The standard InChI is InChI=1S/C22H19N3O2S/c1-3-27-17-9-7-15(8-10-17)21-19(11-12-23)25-20(14-28-22(25)24-21)16-5-4-6-18(13-16)26-2/h4-10,13-14H,3,11H2,1-2H3. The molecule has 2 heterocycles. The molecule has 0 atom stereocenters. The molecule has 2 aromatic heterocycles. The van der Waals surface area contributed by atoms with E-state index in [-0.39, 0.29) is 6.42 Å². The first-order chi connectivity index (χ1) is 13.7. The molecule has 0 saturated heterocycles. The van der Waals surface area contributed by atoms with Gasteiger partial charge in [0.25, 0.3) is 0 Å². The van der Waals surface area contributed by atoms with Crippen molar-refractivity contribution in [1.82, 2.24) is 9.38 Å². The van der Waals surface area contributed by atoms with E-state index in [1.165, 1.54) is 0 Å². The lowest BCUT2D eigenvalue weighted by atomic mass is 10.1. The molecule has 0 spiro atoms. The molecule has 0 radical (unpaired) electrons. The van der Waals surface area contributed by atoms with Crippen molar-refractivity contribution in [2.24, 2.45) is 0 Å². The van der Waals surface area contributed by atoms with Gasteiger partial charge in [-0.2, -0.15) is 5.26 Å². The third-order valence-corrected chi connectivity index (χ3v) is 5.34. The predicted molar refractivity (Wildman–Crippen MR) is 111 cm³/mol. The second-order valence-corrected chi connectivity index (χ2v) is 7.01. The average molecular weight is 389 g/mol. The zero-order valence-corrected chi connectivity index (χ0v) is 16.5. The smallest absolute Gasteiger partial charge is 0.194 e. The minimum atomic E-state index is 0.275. The van der Waals surface area contributed by atoms with Crippen LogP contribution in [0, 0.1) is 11.3 Å². The zero-order chi connectivity index (χ0) is 19.5. The van der Waals surface area contributed by atoms with Crippen LogP contribution in [-0.4, -0.2) is 23.1 Å². The lowest BCUT2D eigenvalue weighted by molar-refractivity contribution is 0.340. The number of fused-ring (bicyclic) bond motifs is 1. The normalized spacial score (nSPS) is 10.8. The summed E-state index contributed by atoms with van der Waals surface area (Å²) in [6.07, 6.45) is 0.275. The summed E-state index contributed by atoms with van der Waals surface area (Å²) < 4.78 is 13.0. The molecule has 4 rings (SSSR count). The molecule has 5 nitrogen and oxygen atoms in total. The fourth-order valence-corrected chi connectivity index (χ4v) is 4.16. The molecular formula is C22H19N3O2S. The van der Waals surface area contributed by atoms with Crippen molar-refractivity contribution in [2.45, 2.75) is 13.3 Å². The van der Waals surface area contributed by atoms with Crippen LogP contribution >= 0.6 is 11.3 Å². The molecule has 0 N–H and O–H groups in total. The van der Waals surface area contributed by atoms with Crippen molar-refractivity contribution in [2.75, 3.05) is 13.7 Å². The Kier molecular flexibility index (Phi) is 5.00. The van der Waals surface area contributed by atoms with Crippen molar-refractivity contribution >= 4 is 16.3 Å². The van der Waals surface area contributed by atoms with Gasteiger partial charge in [-0.1, -0.05) is 12.1 Å². The maximum atomic E-state index is 9.44. The third kappa shape index (κ3) is 3.21. The van der Waals surface area contributed by atoms with E-state index in [0.717, 1.165) is 44.7 Å². The first-order valence-corrected chi connectivity index (χ1v) is 9.86. The van der Waals surface area contributed by atoms with Crippen LogP contribution in [0.1, 0.15) is 12.6 Å². The van der Waals surface area contributed by atoms with Gasteiger partial charge >= 0.3 is 0 Å².